The number of rotatable bonds is 4. The van der Waals surface area contributed by atoms with Crippen LogP contribution in [0.15, 0.2) is 36.8 Å². The molecule has 0 atom stereocenters. The van der Waals surface area contributed by atoms with E-state index in [-0.39, 0.29) is 0 Å². The molecule has 1 N–H and O–H groups in total. The number of hydrogen-bond acceptors (Lipinski definition) is 5. The Balaban J connectivity index is 1.67. The predicted octanol–water partition coefficient (Wildman–Crippen LogP) is 3.20. The largest absolute Gasteiger partial charge is 0.324 e. The minimum absolute atomic E-state index is 0.554. The quantitative estimate of drug-likeness (QED) is 0.939. The Bertz CT molecular complexity index is 591. The molecule has 0 amide bonds. The predicted molar refractivity (Wildman–Crippen MR) is 88.2 cm³/mol. The number of aromatic nitrogens is 3. The molecule has 116 valence electrons. The lowest BCUT2D eigenvalue weighted by Crippen LogP contribution is -2.38. The maximum atomic E-state index is 4.76. The van der Waals surface area contributed by atoms with Gasteiger partial charge in [-0.05, 0) is 51.9 Å². The summed E-state index contributed by atoms with van der Waals surface area (Å²) in [7, 11) is 0. The van der Waals surface area contributed by atoms with E-state index in [0.717, 1.165) is 24.7 Å². The maximum absolute atomic E-state index is 4.76. The Morgan fingerprint density at radius 1 is 1.14 bits per heavy atom. The molecule has 1 fully saturated rings. The van der Waals surface area contributed by atoms with Crippen molar-refractivity contribution in [3.63, 3.8) is 0 Å². The van der Waals surface area contributed by atoms with Gasteiger partial charge in [-0.25, -0.2) is 9.97 Å². The number of nitrogens with one attached hydrogen (secondary N) is 1. The minimum Gasteiger partial charge on any atom is -0.324 e. The van der Waals surface area contributed by atoms with E-state index in [0.29, 0.717) is 12.0 Å². The first-order valence-corrected chi connectivity index (χ1v) is 7.96. The fraction of sp³-hybridized carbons (Fsp3) is 0.471. The number of anilines is 2. The lowest BCUT2D eigenvalue weighted by atomic mass is 9.92. The van der Waals surface area contributed by atoms with Crippen molar-refractivity contribution in [1.82, 2.24) is 19.9 Å². The van der Waals surface area contributed by atoms with Gasteiger partial charge >= 0.3 is 0 Å². The van der Waals surface area contributed by atoms with Crippen LogP contribution in [0.1, 0.15) is 38.3 Å². The monoisotopic (exact) mass is 297 g/mol. The van der Waals surface area contributed by atoms with Crippen molar-refractivity contribution in [2.45, 2.75) is 38.6 Å². The van der Waals surface area contributed by atoms with Crippen LogP contribution in [-0.2, 0) is 0 Å². The van der Waals surface area contributed by atoms with Gasteiger partial charge in [0.05, 0.1) is 6.20 Å². The third kappa shape index (κ3) is 3.60. The molecule has 5 heteroatoms. The van der Waals surface area contributed by atoms with Gasteiger partial charge in [0.2, 0.25) is 0 Å². The fourth-order valence-electron chi connectivity index (χ4n) is 2.95. The van der Waals surface area contributed by atoms with Crippen LogP contribution in [0, 0.1) is 0 Å². The average Bonchev–Trinajstić information content (AvgIpc) is 2.56. The summed E-state index contributed by atoms with van der Waals surface area (Å²) in [6.07, 6.45) is 7.40. The van der Waals surface area contributed by atoms with Crippen molar-refractivity contribution in [3.05, 3.63) is 42.5 Å². The number of nitrogens with zero attached hydrogens (tertiary/aromatic N) is 4. The molecule has 22 heavy (non-hydrogen) atoms. The molecule has 5 nitrogen and oxygen atoms in total. The zero-order valence-corrected chi connectivity index (χ0v) is 13.2. The van der Waals surface area contributed by atoms with Gasteiger partial charge in [-0.15, -0.1) is 0 Å². The first kappa shape index (κ1) is 14.9. The smallest absolute Gasteiger partial charge is 0.150 e. The third-order valence-electron chi connectivity index (χ3n) is 4.27. The molecule has 1 aliphatic heterocycles. The molecule has 0 unspecified atom stereocenters. The number of piperidine rings is 1. The van der Waals surface area contributed by atoms with Gasteiger partial charge in [0.15, 0.2) is 0 Å². The highest BCUT2D eigenvalue weighted by Gasteiger charge is 2.22. The highest BCUT2D eigenvalue weighted by Crippen LogP contribution is 2.28. The second-order valence-corrected chi connectivity index (χ2v) is 6.07. The van der Waals surface area contributed by atoms with E-state index < -0.39 is 0 Å². The molecule has 3 heterocycles. The summed E-state index contributed by atoms with van der Waals surface area (Å²) in [6.45, 7) is 6.85. The van der Waals surface area contributed by atoms with Gasteiger partial charge in [0, 0.05) is 30.0 Å². The summed E-state index contributed by atoms with van der Waals surface area (Å²) in [6, 6.07) is 6.81. The summed E-state index contributed by atoms with van der Waals surface area (Å²) < 4.78 is 0. The summed E-state index contributed by atoms with van der Waals surface area (Å²) in [5.41, 5.74) is 1.18. The lowest BCUT2D eigenvalue weighted by Gasteiger charge is -2.34. The molecule has 1 aliphatic rings. The van der Waals surface area contributed by atoms with Crippen LogP contribution in [0.3, 0.4) is 0 Å². The van der Waals surface area contributed by atoms with Crippen LogP contribution in [0.4, 0.5) is 11.6 Å². The molecule has 2 aromatic heterocycles. The van der Waals surface area contributed by atoms with Crippen molar-refractivity contribution in [2.75, 3.05) is 18.4 Å². The first-order valence-electron chi connectivity index (χ1n) is 7.96. The minimum atomic E-state index is 0.554. The zero-order valence-electron chi connectivity index (χ0n) is 13.2. The third-order valence-corrected chi connectivity index (χ3v) is 4.27. The van der Waals surface area contributed by atoms with Gasteiger partial charge < -0.3 is 10.2 Å². The Morgan fingerprint density at radius 3 is 2.64 bits per heavy atom. The van der Waals surface area contributed by atoms with E-state index >= 15 is 0 Å². The number of likely N-dealkylation sites (tertiary alicyclic amines) is 1. The summed E-state index contributed by atoms with van der Waals surface area (Å²) in [5, 5.41) is 3.22. The molecule has 0 bridgehead atoms. The first-order chi connectivity index (χ1) is 10.7. The van der Waals surface area contributed by atoms with Crippen LogP contribution < -0.4 is 5.32 Å². The molecular weight excluding hydrogens is 274 g/mol. The molecule has 0 aromatic carbocycles. The Labute approximate surface area is 131 Å². The van der Waals surface area contributed by atoms with E-state index in [9.17, 15) is 0 Å². The molecule has 0 radical (unpaired) electrons. The van der Waals surface area contributed by atoms with Gasteiger partial charge in [0.1, 0.15) is 11.6 Å². The van der Waals surface area contributed by atoms with E-state index in [1.54, 1.807) is 18.6 Å². The van der Waals surface area contributed by atoms with Crippen molar-refractivity contribution in [3.8, 4) is 0 Å². The second-order valence-electron chi connectivity index (χ2n) is 6.07. The Morgan fingerprint density at radius 2 is 1.95 bits per heavy atom. The van der Waals surface area contributed by atoms with Crippen LogP contribution in [0.2, 0.25) is 0 Å². The van der Waals surface area contributed by atoms with Crippen LogP contribution in [-0.4, -0.2) is 39.0 Å². The van der Waals surface area contributed by atoms with Crippen LogP contribution in [0.25, 0.3) is 0 Å². The van der Waals surface area contributed by atoms with Crippen molar-refractivity contribution < 1.29 is 0 Å². The van der Waals surface area contributed by atoms with E-state index in [2.05, 4.69) is 46.2 Å². The maximum Gasteiger partial charge on any atom is 0.150 e. The van der Waals surface area contributed by atoms with Crippen molar-refractivity contribution in [1.29, 1.82) is 0 Å². The van der Waals surface area contributed by atoms with Crippen molar-refractivity contribution >= 4 is 11.6 Å². The molecule has 0 aliphatic carbocycles. The zero-order chi connectivity index (χ0) is 15.4. The SMILES string of the molecule is CC(C)N1CCC(c2cccc(Nc3cnccn3)n2)CC1. The van der Waals surface area contributed by atoms with E-state index in [4.69, 9.17) is 4.98 Å². The molecule has 2 aromatic rings. The normalized spacial score (nSPS) is 16.9. The summed E-state index contributed by atoms with van der Waals surface area (Å²) in [5.74, 6) is 2.12. The number of hydrogen-bond donors (Lipinski definition) is 1. The molecule has 1 saturated heterocycles. The molecule has 3 rings (SSSR count). The highest BCUT2D eigenvalue weighted by molar-refractivity contribution is 5.50. The topological polar surface area (TPSA) is 53.9 Å². The molecule has 0 spiro atoms. The molecule has 0 saturated carbocycles. The standard InChI is InChI=1S/C17H23N5/c1-13(2)22-10-6-14(7-11-22)15-4-3-5-16(20-15)21-17-12-18-8-9-19-17/h3-5,8-9,12-14H,6-7,10-11H2,1-2H3,(H,19,20,21). The van der Waals surface area contributed by atoms with E-state index in [1.807, 2.05) is 6.07 Å². The molecular formula is C17H23N5. The Kier molecular flexibility index (Phi) is 4.63. The highest BCUT2D eigenvalue weighted by atomic mass is 15.1. The van der Waals surface area contributed by atoms with E-state index in [1.165, 1.54) is 18.5 Å². The van der Waals surface area contributed by atoms with Gasteiger partial charge in [-0.1, -0.05) is 6.07 Å². The van der Waals surface area contributed by atoms with Gasteiger partial charge in [0.25, 0.3) is 0 Å². The Hall–Kier alpha value is -2.01. The van der Waals surface area contributed by atoms with Gasteiger partial charge in [-0.3, -0.25) is 4.98 Å². The average molecular weight is 297 g/mol. The van der Waals surface area contributed by atoms with Crippen molar-refractivity contribution in [2.24, 2.45) is 0 Å². The van der Waals surface area contributed by atoms with Crippen LogP contribution in [0.5, 0.6) is 0 Å². The number of pyridine rings is 1. The summed E-state index contributed by atoms with van der Waals surface area (Å²) in [4.78, 5) is 15.6. The second kappa shape index (κ2) is 6.83. The lowest BCUT2D eigenvalue weighted by molar-refractivity contribution is 0.171. The fourth-order valence-corrected chi connectivity index (χ4v) is 2.95. The van der Waals surface area contributed by atoms with Crippen LogP contribution >= 0.6 is 0 Å². The summed E-state index contributed by atoms with van der Waals surface area (Å²) >= 11 is 0. The van der Waals surface area contributed by atoms with Gasteiger partial charge in [-0.2, -0.15) is 0 Å².